The number of benzene rings is 1. The van der Waals surface area contributed by atoms with E-state index in [1.165, 1.54) is 22.3 Å². The van der Waals surface area contributed by atoms with E-state index in [0.29, 0.717) is 5.69 Å². The Hall–Kier alpha value is -1.62. The Morgan fingerprint density at radius 2 is 1.80 bits per heavy atom. The quantitative estimate of drug-likeness (QED) is 0.897. The second-order valence-electron chi connectivity index (χ2n) is 5.07. The Bertz CT molecular complexity index is 663. The third-order valence-corrected chi connectivity index (χ3v) is 4.56. The number of aryl methyl sites for hydroxylation is 2. The molecule has 0 spiro atoms. The number of rotatable bonds is 3. The van der Waals surface area contributed by atoms with Gasteiger partial charge in [-0.1, -0.05) is 6.07 Å². The maximum atomic E-state index is 10.8. The molecule has 5 heteroatoms. The predicted octanol–water partition coefficient (Wildman–Crippen LogP) is 3.70. The van der Waals surface area contributed by atoms with E-state index in [1.807, 2.05) is 0 Å². The fourth-order valence-electron chi connectivity index (χ4n) is 2.37. The van der Waals surface area contributed by atoms with E-state index in [-0.39, 0.29) is 6.42 Å². The number of hydrogen-bond donors (Lipinski definition) is 2. The first-order valence-corrected chi connectivity index (χ1v) is 7.14. The number of aromatic nitrogens is 2. The van der Waals surface area contributed by atoms with E-state index in [4.69, 9.17) is 5.11 Å². The summed E-state index contributed by atoms with van der Waals surface area (Å²) in [5.41, 5.74) is 7.19. The molecule has 0 fully saturated rings. The summed E-state index contributed by atoms with van der Waals surface area (Å²) < 4.78 is 0.733. The van der Waals surface area contributed by atoms with Gasteiger partial charge in [0, 0.05) is 5.56 Å². The first-order chi connectivity index (χ1) is 9.32. The molecule has 2 rings (SSSR count). The lowest BCUT2D eigenvalue weighted by Crippen LogP contribution is -2.00. The highest BCUT2D eigenvalue weighted by Gasteiger charge is 2.19. The summed E-state index contributed by atoms with van der Waals surface area (Å²) in [6.07, 6.45) is -0.0729. The monoisotopic (exact) mass is 336 g/mol. The minimum atomic E-state index is -0.880. The Kier molecular flexibility index (Phi) is 3.99. The van der Waals surface area contributed by atoms with Gasteiger partial charge < -0.3 is 5.11 Å². The minimum Gasteiger partial charge on any atom is -0.481 e. The highest BCUT2D eigenvalue weighted by molar-refractivity contribution is 9.10. The summed E-state index contributed by atoms with van der Waals surface area (Å²) in [4.78, 5) is 10.8. The van der Waals surface area contributed by atoms with Crippen molar-refractivity contribution in [3.8, 4) is 11.3 Å². The van der Waals surface area contributed by atoms with Crippen molar-refractivity contribution in [3.05, 3.63) is 38.5 Å². The Morgan fingerprint density at radius 1 is 1.25 bits per heavy atom. The molecular formula is C15H17BrN2O2. The van der Waals surface area contributed by atoms with Crippen LogP contribution in [0.4, 0.5) is 0 Å². The lowest BCUT2D eigenvalue weighted by Gasteiger charge is -2.14. The molecule has 1 heterocycles. The number of carbonyl (C=O) groups is 1. The Labute approximate surface area is 126 Å². The zero-order valence-electron chi connectivity index (χ0n) is 12.0. The Balaban J connectivity index is 2.64. The molecular weight excluding hydrogens is 320 g/mol. The van der Waals surface area contributed by atoms with Crippen LogP contribution < -0.4 is 0 Å². The number of halogens is 1. The van der Waals surface area contributed by atoms with Crippen molar-refractivity contribution < 1.29 is 9.90 Å². The molecule has 0 unspecified atom stereocenters. The van der Waals surface area contributed by atoms with Gasteiger partial charge in [-0.05, 0) is 65.9 Å². The predicted molar refractivity (Wildman–Crippen MR) is 82.0 cm³/mol. The van der Waals surface area contributed by atoms with Crippen LogP contribution >= 0.6 is 15.9 Å². The normalized spacial score (nSPS) is 10.8. The average Bonchev–Trinajstić information content (AvgIpc) is 2.69. The first-order valence-electron chi connectivity index (χ1n) is 6.35. The zero-order valence-corrected chi connectivity index (χ0v) is 13.6. The number of nitrogens with zero attached hydrogens (tertiary/aromatic N) is 1. The van der Waals surface area contributed by atoms with E-state index in [1.54, 1.807) is 0 Å². The highest BCUT2D eigenvalue weighted by Crippen LogP contribution is 2.36. The summed E-state index contributed by atoms with van der Waals surface area (Å²) in [7, 11) is 0. The average molecular weight is 337 g/mol. The maximum Gasteiger partial charge on any atom is 0.309 e. The molecule has 0 saturated carbocycles. The Morgan fingerprint density at radius 3 is 2.30 bits per heavy atom. The number of nitrogens with one attached hydrogen (secondary N) is 1. The number of carboxylic acids is 1. The van der Waals surface area contributed by atoms with Gasteiger partial charge in [0.15, 0.2) is 0 Å². The second-order valence-corrected chi connectivity index (χ2v) is 5.86. The first kappa shape index (κ1) is 14.8. The van der Waals surface area contributed by atoms with Crippen molar-refractivity contribution >= 4 is 21.9 Å². The van der Waals surface area contributed by atoms with E-state index in [2.05, 4.69) is 59.9 Å². The van der Waals surface area contributed by atoms with Crippen molar-refractivity contribution in [1.29, 1.82) is 0 Å². The van der Waals surface area contributed by atoms with Gasteiger partial charge >= 0.3 is 5.97 Å². The van der Waals surface area contributed by atoms with Crippen molar-refractivity contribution in [1.82, 2.24) is 10.2 Å². The molecule has 0 aliphatic carbocycles. The van der Waals surface area contributed by atoms with E-state index >= 15 is 0 Å². The van der Waals surface area contributed by atoms with Gasteiger partial charge in [-0.25, -0.2) is 0 Å². The maximum absolute atomic E-state index is 10.8. The van der Waals surface area contributed by atoms with Crippen LogP contribution in [-0.2, 0) is 11.2 Å². The fourth-order valence-corrected chi connectivity index (χ4v) is 2.89. The molecule has 0 aliphatic heterocycles. The number of aliphatic carboxylic acids is 1. The molecule has 4 nitrogen and oxygen atoms in total. The SMILES string of the molecule is Cc1cc(C)c(C)c(-c2n[nH]c(CC(=O)O)c2Br)c1C. The molecule has 0 radical (unpaired) electrons. The number of aromatic amines is 1. The van der Waals surface area contributed by atoms with Crippen LogP contribution in [0.5, 0.6) is 0 Å². The van der Waals surface area contributed by atoms with Crippen LogP contribution in [0, 0.1) is 27.7 Å². The van der Waals surface area contributed by atoms with Gasteiger partial charge in [-0.15, -0.1) is 0 Å². The molecule has 20 heavy (non-hydrogen) atoms. The smallest absolute Gasteiger partial charge is 0.309 e. The zero-order chi connectivity index (χ0) is 15.0. The van der Waals surface area contributed by atoms with Crippen molar-refractivity contribution in [2.24, 2.45) is 0 Å². The molecule has 0 amide bonds. The standard InChI is InChI=1S/C15H17BrN2O2/c1-7-5-8(2)10(4)13(9(7)3)15-14(16)11(17-18-15)6-12(19)20/h5H,6H2,1-4H3,(H,17,18)(H,19,20). The van der Waals surface area contributed by atoms with Gasteiger partial charge in [0.25, 0.3) is 0 Å². The third kappa shape index (κ3) is 2.50. The van der Waals surface area contributed by atoms with Gasteiger partial charge in [0.05, 0.1) is 16.6 Å². The van der Waals surface area contributed by atoms with Crippen LogP contribution in [0.25, 0.3) is 11.3 Å². The van der Waals surface area contributed by atoms with Crippen LogP contribution in [-0.4, -0.2) is 21.3 Å². The van der Waals surface area contributed by atoms with Crippen LogP contribution in [0.15, 0.2) is 10.5 Å². The van der Waals surface area contributed by atoms with Gasteiger partial charge in [0.1, 0.15) is 5.69 Å². The van der Waals surface area contributed by atoms with Gasteiger partial charge in [0.2, 0.25) is 0 Å². The molecule has 106 valence electrons. The summed E-state index contributed by atoms with van der Waals surface area (Å²) >= 11 is 3.48. The van der Waals surface area contributed by atoms with Crippen molar-refractivity contribution in [3.63, 3.8) is 0 Å². The summed E-state index contributed by atoms with van der Waals surface area (Å²) in [5.74, 6) is -0.880. The summed E-state index contributed by atoms with van der Waals surface area (Å²) in [6, 6.07) is 2.16. The molecule has 2 aromatic rings. The van der Waals surface area contributed by atoms with Crippen LogP contribution in [0.2, 0.25) is 0 Å². The molecule has 0 atom stereocenters. The van der Waals surface area contributed by atoms with Crippen LogP contribution in [0.3, 0.4) is 0 Å². The van der Waals surface area contributed by atoms with E-state index in [9.17, 15) is 4.79 Å². The van der Waals surface area contributed by atoms with Gasteiger partial charge in [-0.3, -0.25) is 9.89 Å². The molecule has 0 saturated heterocycles. The largest absolute Gasteiger partial charge is 0.481 e. The molecule has 1 aromatic carbocycles. The molecule has 0 aliphatic rings. The van der Waals surface area contributed by atoms with Gasteiger partial charge in [-0.2, -0.15) is 5.10 Å². The fraction of sp³-hybridized carbons (Fsp3) is 0.333. The third-order valence-electron chi connectivity index (χ3n) is 3.71. The topological polar surface area (TPSA) is 66.0 Å². The second kappa shape index (κ2) is 5.40. The molecule has 0 bridgehead atoms. The lowest BCUT2D eigenvalue weighted by molar-refractivity contribution is -0.136. The number of hydrogen-bond acceptors (Lipinski definition) is 2. The summed E-state index contributed by atoms with van der Waals surface area (Å²) in [6.45, 7) is 8.28. The highest BCUT2D eigenvalue weighted by atomic mass is 79.9. The number of H-pyrrole nitrogens is 1. The molecule has 1 aromatic heterocycles. The van der Waals surface area contributed by atoms with Crippen molar-refractivity contribution in [2.75, 3.05) is 0 Å². The van der Waals surface area contributed by atoms with E-state index in [0.717, 1.165) is 15.7 Å². The van der Waals surface area contributed by atoms with Crippen molar-refractivity contribution in [2.45, 2.75) is 34.1 Å². The number of carboxylic acid groups (broad SMARTS) is 1. The summed E-state index contributed by atoms with van der Waals surface area (Å²) in [5, 5.41) is 16.0. The van der Waals surface area contributed by atoms with Crippen LogP contribution in [0.1, 0.15) is 27.9 Å². The van der Waals surface area contributed by atoms with E-state index < -0.39 is 5.97 Å². The minimum absolute atomic E-state index is 0.0729. The lowest BCUT2D eigenvalue weighted by atomic mass is 9.92. The molecule has 2 N–H and O–H groups in total.